The lowest BCUT2D eigenvalue weighted by molar-refractivity contribution is 0.617. The highest BCUT2D eigenvalue weighted by molar-refractivity contribution is 6.05. The molecule has 1 N–H and O–H groups in total. The van der Waals surface area contributed by atoms with E-state index in [0.717, 1.165) is 17.0 Å². The second-order valence-electron chi connectivity index (χ2n) is 4.32. The van der Waals surface area contributed by atoms with Gasteiger partial charge in [-0.15, -0.1) is 0 Å². The number of halogens is 2. The van der Waals surface area contributed by atoms with E-state index < -0.39 is 0 Å². The van der Waals surface area contributed by atoms with Gasteiger partial charge < -0.3 is 5.43 Å². The van der Waals surface area contributed by atoms with E-state index in [2.05, 4.69) is 15.5 Å². The molecule has 0 amide bonds. The number of benzene rings is 1. The number of aromatic nitrogens is 1. The summed E-state index contributed by atoms with van der Waals surface area (Å²) in [6.45, 7) is 0.603. The van der Waals surface area contributed by atoms with Crippen molar-refractivity contribution in [2.75, 3.05) is 6.54 Å². The Bertz CT molecular complexity index is 606. The third-order valence-electron chi connectivity index (χ3n) is 3.07. The lowest BCUT2D eigenvalue weighted by atomic mass is 9.94. The molecule has 0 bridgehead atoms. The van der Waals surface area contributed by atoms with Crippen LogP contribution in [0.3, 0.4) is 0 Å². The van der Waals surface area contributed by atoms with Crippen LogP contribution in [0.5, 0.6) is 0 Å². The van der Waals surface area contributed by atoms with Crippen molar-refractivity contribution in [2.24, 2.45) is 5.10 Å². The summed E-state index contributed by atoms with van der Waals surface area (Å²) in [5, 5.41) is 4.23. The minimum absolute atomic E-state index is 0.0499. The van der Waals surface area contributed by atoms with E-state index in [4.69, 9.17) is 0 Å². The van der Waals surface area contributed by atoms with E-state index in [1.807, 2.05) is 0 Å². The highest BCUT2D eigenvalue weighted by Crippen LogP contribution is 2.23. The summed E-state index contributed by atoms with van der Waals surface area (Å²) in [5.41, 5.74) is 5.28. The first-order chi connectivity index (χ1) is 9.24. The van der Waals surface area contributed by atoms with Crippen LogP contribution in [0.15, 0.2) is 47.7 Å². The first-order valence-electron chi connectivity index (χ1n) is 5.92. The SMILES string of the molecule is Fc1ccc(C2=NNCC2c2ccc(F)cn2)cc1. The van der Waals surface area contributed by atoms with E-state index >= 15 is 0 Å². The van der Waals surface area contributed by atoms with Gasteiger partial charge in [-0.1, -0.05) is 12.1 Å². The molecular formula is C14H11F2N3. The maximum atomic E-state index is 12.9. The van der Waals surface area contributed by atoms with Crippen molar-refractivity contribution in [3.8, 4) is 0 Å². The Balaban J connectivity index is 1.93. The van der Waals surface area contributed by atoms with Crippen LogP contribution in [-0.2, 0) is 0 Å². The second kappa shape index (κ2) is 4.76. The largest absolute Gasteiger partial charge is 0.309 e. The molecule has 0 saturated heterocycles. The predicted octanol–water partition coefficient (Wildman–Crippen LogP) is 2.45. The van der Waals surface area contributed by atoms with Gasteiger partial charge in [0.15, 0.2) is 0 Å². The fourth-order valence-electron chi connectivity index (χ4n) is 2.12. The standard InChI is InChI=1S/C14H11F2N3/c15-10-3-1-9(2-4-10)14-12(8-18-19-14)13-6-5-11(16)7-17-13/h1-7,12,18H,8H2. The molecule has 5 heteroatoms. The Morgan fingerprint density at radius 3 is 2.42 bits per heavy atom. The molecule has 96 valence electrons. The van der Waals surface area contributed by atoms with Gasteiger partial charge in [0.25, 0.3) is 0 Å². The zero-order chi connectivity index (χ0) is 13.2. The van der Waals surface area contributed by atoms with Crippen molar-refractivity contribution < 1.29 is 8.78 Å². The molecule has 1 aromatic heterocycles. The molecule has 0 spiro atoms. The van der Waals surface area contributed by atoms with Gasteiger partial charge in [0.1, 0.15) is 11.6 Å². The maximum Gasteiger partial charge on any atom is 0.141 e. The average molecular weight is 259 g/mol. The van der Waals surface area contributed by atoms with Gasteiger partial charge in [-0.2, -0.15) is 5.10 Å². The summed E-state index contributed by atoms with van der Waals surface area (Å²) in [6.07, 6.45) is 1.19. The molecule has 2 heterocycles. The monoisotopic (exact) mass is 259 g/mol. The number of nitrogens with zero attached hydrogens (tertiary/aromatic N) is 2. The number of hydrazone groups is 1. The summed E-state index contributed by atoms with van der Waals surface area (Å²) in [7, 11) is 0. The normalized spacial score (nSPS) is 18.0. The zero-order valence-electron chi connectivity index (χ0n) is 9.98. The summed E-state index contributed by atoms with van der Waals surface area (Å²) in [5.74, 6) is -0.701. The Labute approximate surface area is 109 Å². The van der Waals surface area contributed by atoms with Gasteiger partial charge in [-0.05, 0) is 29.8 Å². The van der Waals surface area contributed by atoms with Gasteiger partial charge in [0.05, 0.1) is 23.5 Å². The van der Waals surface area contributed by atoms with Gasteiger partial charge >= 0.3 is 0 Å². The van der Waals surface area contributed by atoms with Crippen molar-refractivity contribution in [3.63, 3.8) is 0 Å². The van der Waals surface area contributed by atoms with Crippen molar-refractivity contribution in [1.29, 1.82) is 0 Å². The molecule has 3 rings (SSSR count). The van der Waals surface area contributed by atoms with E-state index in [0.29, 0.717) is 6.54 Å². The topological polar surface area (TPSA) is 37.3 Å². The summed E-state index contributed by atoms with van der Waals surface area (Å²) in [6, 6.07) is 9.17. The Kier molecular flexibility index (Phi) is 2.95. The van der Waals surface area contributed by atoms with Gasteiger partial charge in [0.2, 0.25) is 0 Å². The van der Waals surface area contributed by atoms with Crippen molar-refractivity contribution >= 4 is 5.71 Å². The fourth-order valence-corrected chi connectivity index (χ4v) is 2.12. The van der Waals surface area contributed by atoms with Crippen molar-refractivity contribution in [2.45, 2.75) is 5.92 Å². The molecule has 1 aromatic carbocycles. The molecular weight excluding hydrogens is 248 g/mol. The van der Waals surface area contributed by atoms with Crippen molar-refractivity contribution in [1.82, 2.24) is 10.4 Å². The minimum atomic E-state index is -0.366. The molecule has 1 atom stereocenters. The number of rotatable bonds is 2. The highest BCUT2D eigenvalue weighted by atomic mass is 19.1. The summed E-state index contributed by atoms with van der Waals surface area (Å²) < 4.78 is 25.8. The number of hydrogen-bond donors (Lipinski definition) is 1. The van der Waals surface area contributed by atoms with Crippen LogP contribution < -0.4 is 5.43 Å². The molecule has 1 aliphatic heterocycles. The lowest BCUT2D eigenvalue weighted by Gasteiger charge is -2.11. The van der Waals surface area contributed by atoms with Crippen LogP contribution in [0.1, 0.15) is 17.2 Å². The van der Waals surface area contributed by atoms with Crippen LogP contribution >= 0.6 is 0 Å². The molecule has 0 aliphatic carbocycles. The number of nitrogens with one attached hydrogen (secondary N) is 1. The fraction of sp³-hybridized carbons (Fsp3) is 0.143. The summed E-state index contributed by atoms with van der Waals surface area (Å²) in [4.78, 5) is 4.08. The Hall–Kier alpha value is -2.30. The molecule has 1 aliphatic rings. The molecule has 2 aromatic rings. The van der Waals surface area contributed by atoms with E-state index in [-0.39, 0.29) is 17.6 Å². The van der Waals surface area contributed by atoms with Crippen molar-refractivity contribution in [3.05, 3.63) is 65.5 Å². The average Bonchev–Trinajstić information content (AvgIpc) is 2.90. The molecule has 0 fully saturated rings. The second-order valence-corrected chi connectivity index (χ2v) is 4.32. The molecule has 1 unspecified atom stereocenters. The predicted molar refractivity (Wildman–Crippen MR) is 67.9 cm³/mol. The highest BCUT2D eigenvalue weighted by Gasteiger charge is 2.25. The van der Waals surface area contributed by atoms with Crippen LogP contribution in [0.4, 0.5) is 8.78 Å². The Morgan fingerprint density at radius 2 is 1.74 bits per heavy atom. The van der Waals surface area contributed by atoms with Gasteiger partial charge in [-0.25, -0.2) is 8.78 Å². The molecule has 0 radical (unpaired) electrons. The minimum Gasteiger partial charge on any atom is -0.309 e. The molecule has 19 heavy (non-hydrogen) atoms. The third kappa shape index (κ3) is 2.31. The first kappa shape index (κ1) is 11.8. The van der Waals surface area contributed by atoms with Crippen LogP contribution in [-0.4, -0.2) is 17.2 Å². The first-order valence-corrected chi connectivity index (χ1v) is 5.92. The Morgan fingerprint density at radius 1 is 1.00 bits per heavy atom. The van der Waals surface area contributed by atoms with E-state index in [1.54, 1.807) is 18.2 Å². The molecule has 0 saturated carbocycles. The molecule has 3 nitrogen and oxygen atoms in total. The van der Waals surface area contributed by atoms with Crippen LogP contribution in [0.25, 0.3) is 0 Å². The van der Waals surface area contributed by atoms with E-state index in [9.17, 15) is 8.78 Å². The number of hydrogen-bond acceptors (Lipinski definition) is 3. The van der Waals surface area contributed by atoms with Gasteiger partial charge in [0, 0.05) is 6.54 Å². The summed E-state index contributed by atoms with van der Waals surface area (Å²) >= 11 is 0. The smallest absolute Gasteiger partial charge is 0.141 e. The van der Waals surface area contributed by atoms with Gasteiger partial charge in [-0.3, -0.25) is 4.98 Å². The number of pyridine rings is 1. The zero-order valence-corrected chi connectivity index (χ0v) is 9.98. The third-order valence-corrected chi connectivity index (χ3v) is 3.07. The van der Waals surface area contributed by atoms with Crippen LogP contribution in [0, 0.1) is 11.6 Å². The quantitative estimate of drug-likeness (QED) is 0.899. The van der Waals surface area contributed by atoms with E-state index in [1.165, 1.54) is 24.4 Å². The lowest BCUT2D eigenvalue weighted by Crippen LogP contribution is -2.16. The van der Waals surface area contributed by atoms with Crippen LogP contribution in [0.2, 0.25) is 0 Å². The maximum absolute atomic E-state index is 12.9.